The highest BCUT2D eigenvalue weighted by Gasteiger charge is 2.18. The number of anilines is 1. The minimum atomic E-state index is -0.557. The van der Waals surface area contributed by atoms with Gasteiger partial charge in [0.05, 0.1) is 6.61 Å². The maximum Gasteiger partial charge on any atom is 0.280 e. The lowest BCUT2D eigenvalue weighted by Crippen LogP contribution is -2.25. The molecule has 6 N–H and O–H groups in total. The van der Waals surface area contributed by atoms with Gasteiger partial charge in [-0.3, -0.25) is 14.6 Å². The van der Waals surface area contributed by atoms with E-state index >= 15 is 0 Å². The fraction of sp³-hybridized carbons (Fsp3) is 0.273. The Hall–Kier alpha value is -2.70. The molecule has 2 rings (SSSR count). The fourth-order valence-corrected chi connectivity index (χ4v) is 1.79. The van der Waals surface area contributed by atoms with Crippen LogP contribution < -0.4 is 22.7 Å². The van der Waals surface area contributed by atoms with E-state index in [1.165, 1.54) is 0 Å². The zero-order chi connectivity index (χ0) is 14.7. The van der Waals surface area contributed by atoms with Crippen molar-refractivity contribution in [3.63, 3.8) is 0 Å². The Labute approximate surface area is 112 Å². The van der Waals surface area contributed by atoms with Crippen LogP contribution in [-0.2, 0) is 4.84 Å². The van der Waals surface area contributed by atoms with E-state index in [1.54, 1.807) is 0 Å². The molecule has 2 heterocycles. The lowest BCUT2D eigenvalue weighted by molar-refractivity contribution is 0.122. The number of aromatic nitrogens is 4. The Bertz CT molecular complexity index is 787. The van der Waals surface area contributed by atoms with E-state index in [2.05, 4.69) is 30.7 Å². The van der Waals surface area contributed by atoms with Crippen molar-refractivity contribution in [1.82, 2.24) is 19.9 Å². The predicted molar refractivity (Wildman–Crippen MR) is 71.5 cm³/mol. The van der Waals surface area contributed by atoms with E-state index in [1.807, 2.05) is 0 Å². The van der Waals surface area contributed by atoms with Gasteiger partial charge in [-0.1, -0.05) is 0 Å². The number of nitrogens with two attached hydrogens (primary N) is 2. The molecule has 9 heteroatoms. The van der Waals surface area contributed by atoms with Crippen molar-refractivity contribution in [1.29, 1.82) is 0 Å². The van der Waals surface area contributed by atoms with Gasteiger partial charge in [-0.25, -0.2) is 10.9 Å². The molecule has 20 heavy (non-hydrogen) atoms. The summed E-state index contributed by atoms with van der Waals surface area (Å²) >= 11 is 0. The standard InChI is InChI=1S/C11H12N6O3/c1-2-3-5(4-20-13)6-9(18)15-8-7(14-6)10(19)17-11(12)16-8/h1,5H,3-4,13H2,(H4,12,15,16,17,18,19). The fourth-order valence-electron chi connectivity index (χ4n) is 1.79. The molecule has 0 amide bonds. The Kier molecular flexibility index (Phi) is 3.79. The number of nitrogens with one attached hydrogen (secondary N) is 2. The van der Waals surface area contributed by atoms with Gasteiger partial charge >= 0.3 is 0 Å². The molecular formula is C11H12N6O3. The van der Waals surface area contributed by atoms with Crippen molar-refractivity contribution >= 4 is 17.1 Å². The Morgan fingerprint density at radius 2 is 2.05 bits per heavy atom. The van der Waals surface area contributed by atoms with Crippen molar-refractivity contribution in [2.75, 3.05) is 12.3 Å². The molecule has 1 atom stereocenters. The summed E-state index contributed by atoms with van der Waals surface area (Å²) in [5, 5.41) is 0. The van der Waals surface area contributed by atoms with Crippen LogP contribution in [0, 0.1) is 12.3 Å². The third kappa shape index (κ3) is 2.51. The lowest BCUT2D eigenvalue weighted by Gasteiger charge is -2.11. The first-order valence-corrected chi connectivity index (χ1v) is 5.61. The number of fused-ring (bicyclic) bond motifs is 1. The van der Waals surface area contributed by atoms with E-state index in [0.29, 0.717) is 0 Å². The molecule has 0 aliphatic heterocycles. The number of nitrogen functional groups attached to an aromatic ring is 1. The van der Waals surface area contributed by atoms with E-state index in [-0.39, 0.29) is 35.8 Å². The minimum absolute atomic E-state index is 0.00604. The summed E-state index contributed by atoms with van der Waals surface area (Å²) in [5.74, 6) is 6.77. The topological polar surface area (TPSA) is 153 Å². The molecule has 0 bridgehead atoms. The molecule has 0 fully saturated rings. The molecule has 9 nitrogen and oxygen atoms in total. The summed E-state index contributed by atoms with van der Waals surface area (Å²) in [4.78, 5) is 40.8. The van der Waals surface area contributed by atoms with Gasteiger partial charge in [0.2, 0.25) is 5.95 Å². The summed E-state index contributed by atoms with van der Waals surface area (Å²) in [6.07, 6.45) is 5.42. The molecule has 0 aliphatic carbocycles. The molecule has 0 aromatic carbocycles. The summed E-state index contributed by atoms with van der Waals surface area (Å²) in [5.41, 5.74) is 4.35. The highest BCUT2D eigenvalue weighted by molar-refractivity contribution is 5.69. The molecule has 1 unspecified atom stereocenters. The van der Waals surface area contributed by atoms with Crippen LogP contribution in [0.15, 0.2) is 9.59 Å². The smallest absolute Gasteiger partial charge is 0.280 e. The van der Waals surface area contributed by atoms with Crippen LogP contribution in [0.1, 0.15) is 18.0 Å². The monoisotopic (exact) mass is 276 g/mol. The maximum absolute atomic E-state index is 12.0. The second-order valence-corrected chi connectivity index (χ2v) is 4.04. The number of rotatable bonds is 4. The Morgan fingerprint density at radius 3 is 2.70 bits per heavy atom. The number of H-pyrrole nitrogens is 2. The summed E-state index contributed by atoms with van der Waals surface area (Å²) in [6, 6.07) is 0. The van der Waals surface area contributed by atoms with Crippen LogP contribution in [0.25, 0.3) is 11.2 Å². The van der Waals surface area contributed by atoms with Gasteiger partial charge < -0.3 is 15.6 Å². The Morgan fingerprint density at radius 1 is 1.30 bits per heavy atom. The maximum atomic E-state index is 12.0. The summed E-state index contributed by atoms with van der Waals surface area (Å²) < 4.78 is 0. The number of hydrogen-bond donors (Lipinski definition) is 4. The first kappa shape index (κ1) is 13.7. The number of terminal acetylenes is 1. The molecule has 104 valence electrons. The zero-order valence-corrected chi connectivity index (χ0v) is 10.3. The van der Waals surface area contributed by atoms with E-state index in [9.17, 15) is 9.59 Å². The molecule has 0 radical (unpaired) electrons. The molecular weight excluding hydrogens is 264 g/mol. The third-order valence-electron chi connectivity index (χ3n) is 2.66. The lowest BCUT2D eigenvalue weighted by atomic mass is 10.0. The van der Waals surface area contributed by atoms with Crippen LogP contribution in [-0.4, -0.2) is 26.5 Å². The first-order valence-electron chi connectivity index (χ1n) is 5.61. The number of aromatic amines is 2. The zero-order valence-electron chi connectivity index (χ0n) is 10.3. The van der Waals surface area contributed by atoms with Gasteiger partial charge in [-0.2, -0.15) is 4.98 Å². The van der Waals surface area contributed by atoms with E-state index in [0.717, 1.165) is 0 Å². The third-order valence-corrected chi connectivity index (χ3v) is 2.66. The highest BCUT2D eigenvalue weighted by Crippen LogP contribution is 2.14. The van der Waals surface area contributed by atoms with Gasteiger partial charge in [-0.05, 0) is 0 Å². The summed E-state index contributed by atoms with van der Waals surface area (Å²) in [7, 11) is 0. The molecule has 0 spiro atoms. The normalized spacial score (nSPS) is 12.2. The summed E-state index contributed by atoms with van der Waals surface area (Å²) in [6.45, 7) is 0.00604. The van der Waals surface area contributed by atoms with Gasteiger partial charge in [0.1, 0.15) is 5.69 Å². The van der Waals surface area contributed by atoms with Crippen molar-refractivity contribution in [3.05, 3.63) is 26.4 Å². The predicted octanol–water partition coefficient (Wildman–Crippen LogP) is -1.41. The van der Waals surface area contributed by atoms with Crippen LogP contribution in [0.4, 0.5) is 5.95 Å². The highest BCUT2D eigenvalue weighted by atomic mass is 16.6. The average Bonchev–Trinajstić information content (AvgIpc) is 2.37. The van der Waals surface area contributed by atoms with Crippen LogP contribution in [0.3, 0.4) is 0 Å². The molecule has 2 aromatic rings. The molecule has 2 aromatic heterocycles. The number of nitrogens with zero attached hydrogens (tertiary/aromatic N) is 2. The average molecular weight is 276 g/mol. The number of hydrogen-bond acceptors (Lipinski definition) is 7. The molecule has 0 saturated carbocycles. The van der Waals surface area contributed by atoms with Crippen molar-refractivity contribution in [3.8, 4) is 12.3 Å². The van der Waals surface area contributed by atoms with Crippen LogP contribution >= 0.6 is 0 Å². The van der Waals surface area contributed by atoms with Gasteiger partial charge in [-0.15, -0.1) is 12.3 Å². The van der Waals surface area contributed by atoms with Crippen molar-refractivity contribution in [2.45, 2.75) is 12.3 Å². The molecule has 0 aliphatic rings. The van der Waals surface area contributed by atoms with Gasteiger partial charge in [0, 0.05) is 12.3 Å². The van der Waals surface area contributed by atoms with Crippen molar-refractivity contribution in [2.24, 2.45) is 5.90 Å². The van der Waals surface area contributed by atoms with E-state index in [4.69, 9.17) is 18.1 Å². The van der Waals surface area contributed by atoms with Crippen molar-refractivity contribution < 1.29 is 4.84 Å². The van der Waals surface area contributed by atoms with Gasteiger partial charge in [0.15, 0.2) is 11.2 Å². The van der Waals surface area contributed by atoms with Crippen LogP contribution in [0.5, 0.6) is 0 Å². The second-order valence-electron chi connectivity index (χ2n) is 4.04. The van der Waals surface area contributed by atoms with E-state index < -0.39 is 17.0 Å². The van der Waals surface area contributed by atoms with Gasteiger partial charge in [0.25, 0.3) is 11.1 Å². The van der Waals surface area contributed by atoms with Crippen LogP contribution in [0.2, 0.25) is 0 Å². The quantitative estimate of drug-likeness (QED) is 0.395. The minimum Gasteiger partial charge on any atom is -0.369 e. The largest absolute Gasteiger partial charge is 0.369 e. The first-order chi connectivity index (χ1) is 9.56. The molecule has 0 saturated heterocycles. The SMILES string of the molecule is C#CCC(CON)c1nc2c(=O)[nH]c(N)nc2[nH]c1=O. The Balaban J connectivity index is 2.66. The second kappa shape index (κ2) is 5.52.